The second-order valence-corrected chi connectivity index (χ2v) is 5.60. The third-order valence-electron chi connectivity index (χ3n) is 3.05. The highest BCUT2D eigenvalue weighted by Crippen LogP contribution is 2.26. The van der Waals surface area contributed by atoms with Gasteiger partial charge in [-0.25, -0.2) is 0 Å². The first-order valence-electron chi connectivity index (χ1n) is 6.22. The lowest BCUT2D eigenvalue weighted by Gasteiger charge is -2.26. The van der Waals surface area contributed by atoms with Gasteiger partial charge in [0.05, 0.1) is 11.8 Å². The summed E-state index contributed by atoms with van der Waals surface area (Å²) in [7, 11) is 0. The summed E-state index contributed by atoms with van der Waals surface area (Å²) in [5.41, 5.74) is 4.75. The van der Waals surface area contributed by atoms with E-state index in [1.54, 1.807) is 0 Å². The van der Waals surface area contributed by atoms with Crippen molar-refractivity contribution >= 4 is 17.7 Å². The van der Waals surface area contributed by atoms with Gasteiger partial charge >= 0.3 is 0 Å². The van der Waals surface area contributed by atoms with Gasteiger partial charge in [0, 0.05) is 12.3 Å². The molecule has 0 bridgehead atoms. The molecule has 0 spiro atoms. The SMILES string of the molecule is N#CC1(NC(=O)CSCCN)CCCCCC1. The summed E-state index contributed by atoms with van der Waals surface area (Å²) in [5.74, 6) is 1.15. The van der Waals surface area contributed by atoms with Crippen LogP contribution in [0.3, 0.4) is 0 Å². The maximum absolute atomic E-state index is 11.7. The van der Waals surface area contributed by atoms with Gasteiger partial charge in [0.15, 0.2) is 0 Å². The van der Waals surface area contributed by atoms with Crippen molar-refractivity contribution in [3.8, 4) is 6.07 Å². The predicted molar refractivity (Wildman–Crippen MR) is 70.6 cm³/mol. The molecule has 1 aliphatic rings. The number of rotatable bonds is 5. The first-order valence-corrected chi connectivity index (χ1v) is 7.38. The van der Waals surface area contributed by atoms with Crippen LogP contribution in [-0.2, 0) is 4.79 Å². The second-order valence-electron chi connectivity index (χ2n) is 4.50. The van der Waals surface area contributed by atoms with E-state index in [4.69, 9.17) is 5.73 Å². The van der Waals surface area contributed by atoms with E-state index in [0.717, 1.165) is 31.4 Å². The molecule has 1 rings (SSSR count). The van der Waals surface area contributed by atoms with Gasteiger partial charge in [-0.15, -0.1) is 0 Å². The fourth-order valence-corrected chi connectivity index (χ4v) is 2.72. The molecule has 0 unspecified atom stereocenters. The summed E-state index contributed by atoms with van der Waals surface area (Å²) in [6.07, 6.45) is 5.98. The number of carbonyl (C=O) groups excluding carboxylic acids is 1. The van der Waals surface area contributed by atoms with Crippen molar-refractivity contribution < 1.29 is 4.79 Å². The summed E-state index contributed by atoms with van der Waals surface area (Å²) in [4.78, 5) is 11.7. The number of thioether (sulfide) groups is 1. The van der Waals surface area contributed by atoms with Crippen molar-refractivity contribution in [2.75, 3.05) is 18.1 Å². The Hall–Kier alpha value is -0.730. The number of hydrogen-bond acceptors (Lipinski definition) is 4. The Kier molecular flexibility index (Phi) is 6.38. The van der Waals surface area contributed by atoms with E-state index < -0.39 is 5.54 Å². The van der Waals surface area contributed by atoms with Crippen LogP contribution in [0.4, 0.5) is 0 Å². The number of nitrogens with two attached hydrogens (primary N) is 1. The summed E-state index contributed by atoms with van der Waals surface area (Å²) < 4.78 is 0. The van der Waals surface area contributed by atoms with Crippen molar-refractivity contribution in [2.45, 2.75) is 44.1 Å². The maximum Gasteiger partial charge on any atom is 0.231 e. The molecule has 0 saturated heterocycles. The van der Waals surface area contributed by atoms with E-state index in [-0.39, 0.29) is 5.91 Å². The number of carbonyl (C=O) groups is 1. The van der Waals surface area contributed by atoms with Gasteiger partial charge < -0.3 is 11.1 Å². The molecule has 0 radical (unpaired) electrons. The van der Waals surface area contributed by atoms with Gasteiger partial charge in [-0.05, 0) is 12.8 Å². The van der Waals surface area contributed by atoms with Gasteiger partial charge in [-0.1, -0.05) is 25.7 Å². The Morgan fingerprint density at radius 2 is 2.00 bits per heavy atom. The molecule has 0 heterocycles. The van der Waals surface area contributed by atoms with Crippen LogP contribution < -0.4 is 11.1 Å². The molecule has 0 aromatic carbocycles. The lowest BCUT2D eigenvalue weighted by Crippen LogP contribution is -2.47. The van der Waals surface area contributed by atoms with Crippen LogP contribution >= 0.6 is 11.8 Å². The zero-order valence-electron chi connectivity index (χ0n) is 10.2. The molecule has 5 heteroatoms. The lowest BCUT2D eigenvalue weighted by molar-refractivity contribution is -0.120. The van der Waals surface area contributed by atoms with Crippen LogP contribution in [0.15, 0.2) is 0 Å². The summed E-state index contributed by atoms with van der Waals surface area (Å²) in [6, 6.07) is 2.31. The second kappa shape index (κ2) is 7.57. The molecule has 0 aromatic rings. The number of nitrogens with one attached hydrogen (secondary N) is 1. The lowest BCUT2D eigenvalue weighted by atomic mass is 9.92. The quantitative estimate of drug-likeness (QED) is 0.575. The highest BCUT2D eigenvalue weighted by Gasteiger charge is 2.32. The highest BCUT2D eigenvalue weighted by molar-refractivity contribution is 7.99. The van der Waals surface area contributed by atoms with E-state index in [9.17, 15) is 10.1 Å². The average molecular weight is 255 g/mol. The van der Waals surface area contributed by atoms with Crippen LogP contribution in [0.25, 0.3) is 0 Å². The Morgan fingerprint density at radius 1 is 1.35 bits per heavy atom. The molecule has 17 heavy (non-hydrogen) atoms. The molecule has 0 atom stereocenters. The zero-order valence-corrected chi connectivity index (χ0v) is 11.0. The molecule has 0 aliphatic heterocycles. The fraction of sp³-hybridized carbons (Fsp3) is 0.833. The van der Waals surface area contributed by atoms with Crippen molar-refractivity contribution in [2.24, 2.45) is 5.73 Å². The van der Waals surface area contributed by atoms with Gasteiger partial charge in [0.1, 0.15) is 5.54 Å². The van der Waals surface area contributed by atoms with Crippen molar-refractivity contribution in [3.63, 3.8) is 0 Å². The van der Waals surface area contributed by atoms with E-state index in [1.165, 1.54) is 24.6 Å². The molecule has 1 amide bonds. The monoisotopic (exact) mass is 255 g/mol. The van der Waals surface area contributed by atoms with Crippen LogP contribution in [0.5, 0.6) is 0 Å². The number of nitrogens with zero attached hydrogens (tertiary/aromatic N) is 1. The normalized spacial score (nSPS) is 19.1. The average Bonchev–Trinajstić information content (AvgIpc) is 2.56. The smallest absolute Gasteiger partial charge is 0.231 e. The van der Waals surface area contributed by atoms with Gasteiger partial charge in [-0.2, -0.15) is 17.0 Å². The molecule has 3 N–H and O–H groups in total. The van der Waals surface area contributed by atoms with Crippen molar-refractivity contribution in [1.29, 1.82) is 5.26 Å². The van der Waals surface area contributed by atoms with Gasteiger partial charge in [0.2, 0.25) is 5.91 Å². The fourth-order valence-electron chi connectivity index (χ4n) is 2.15. The first kappa shape index (κ1) is 14.3. The summed E-state index contributed by atoms with van der Waals surface area (Å²) >= 11 is 1.52. The van der Waals surface area contributed by atoms with E-state index in [2.05, 4.69) is 11.4 Å². The zero-order chi connectivity index (χ0) is 12.6. The molecular weight excluding hydrogens is 234 g/mol. The Morgan fingerprint density at radius 3 is 2.53 bits per heavy atom. The van der Waals surface area contributed by atoms with Crippen LogP contribution in [0.2, 0.25) is 0 Å². The van der Waals surface area contributed by atoms with Crippen LogP contribution in [0, 0.1) is 11.3 Å². The Balaban J connectivity index is 2.44. The Labute approximate surface area is 107 Å². The van der Waals surface area contributed by atoms with E-state index in [0.29, 0.717) is 12.3 Å². The predicted octanol–water partition coefficient (Wildman–Crippen LogP) is 1.41. The molecular formula is C12H21N3OS. The number of nitriles is 1. The summed E-state index contributed by atoms with van der Waals surface area (Å²) in [5, 5.41) is 12.2. The van der Waals surface area contributed by atoms with Gasteiger partial charge in [0.25, 0.3) is 0 Å². The Bertz CT molecular complexity index is 280. The number of hydrogen-bond donors (Lipinski definition) is 2. The van der Waals surface area contributed by atoms with Crippen LogP contribution in [-0.4, -0.2) is 29.5 Å². The molecule has 1 saturated carbocycles. The third-order valence-corrected chi connectivity index (χ3v) is 4.04. The minimum absolute atomic E-state index is 0.0353. The van der Waals surface area contributed by atoms with Crippen molar-refractivity contribution in [1.82, 2.24) is 5.32 Å². The van der Waals surface area contributed by atoms with Crippen LogP contribution in [0.1, 0.15) is 38.5 Å². The molecule has 1 aliphatic carbocycles. The standard InChI is InChI=1S/C12H21N3OS/c13-7-8-17-9-11(16)15-12(10-14)5-3-1-2-4-6-12/h1-9,13H2,(H,15,16). The van der Waals surface area contributed by atoms with E-state index >= 15 is 0 Å². The first-order chi connectivity index (χ1) is 8.22. The van der Waals surface area contributed by atoms with Crippen molar-refractivity contribution in [3.05, 3.63) is 0 Å². The third kappa shape index (κ3) is 4.97. The minimum Gasteiger partial charge on any atom is -0.337 e. The molecule has 96 valence electrons. The molecule has 0 aromatic heterocycles. The summed E-state index contributed by atoms with van der Waals surface area (Å²) in [6.45, 7) is 0.585. The highest BCUT2D eigenvalue weighted by atomic mass is 32.2. The van der Waals surface area contributed by atoms with E-state index in [1.807, 2.05) is 0 Å². The maximum atomic E-state index is 11.7. The minimum atomic E-state index is -0.614. The number of amides is 1. The molecule has 1 fully saturated rings. The largest absolute Gasteiger partial charge is 0.337 e. The topological polar surface area (TPSA) is 78.9 Å². The van der Waals surface area contributed by atoms with Gasteiger partial charge in [-0.3, -0.25) is 4.79 Å². The molecule has 4 nitrogen and oxygen atoms in total.